The van der Waals surface area contributed by atoms with Crippen LogP contribution in [-0.2, 0) is 53.2 Å². The first kappa shape index (κ1) is 49.9. The van der Waals surface area contributed by atoms with Crippen molar-refractivity contribution in [2.75, 3.05) is 77.9 Å². The lowest BCUT2D eigenvalue weighted by atomic mass is 9.98. The van der Waals surface area contributed by atoms with Crippen LogP contribution in [0.3, 0.4) is 0 Å². The molecule has 0 saturated carbocycles. The molecule has 5 amide bonds. The average molecular weight is 908 g/mol. The van der Waals surface area contributed by atoms with Gasteiger partial charge in [0.15, 0.2) is 11.7 Å². The van der Waals surface area contributed by atoms with E-state index in [0.717, 1.165) is 41.6 Å². The van der Waals surface area contributed by atoms with Crippen molar-refractivity contribution in [1.82, 2.24) is 29.1 Å². The third-order valence-electron chi connectivity index (χ3n) is 12.2. The van der Waals surface area contributed by atoms with Gasteiger partial charge >= 0.3 is 35.9 Å². The topological polar surface area (TPSA) is 203 Å². The monoisotopic (exact) mass is 907 g/mol. The summed E-state index contributed by atoms with van der Waals surface area (Å²) in [6.45, 7) is 12.3. The normalized spacial score (nSPS) is 18.2. The number of likely N-dealkylation sites (N-methyl/N-ethyl adjacent to an activating group) is 1. The van der Waals surface area contributed by atoms with Gasteiger partial charge in [-0.1, -0.05) is 38.6 Å². The number of ether oxygens (including phenoxy) is 4. The summed E-state index contributed by atoms with van der Waals surface area (Å²) in [7, 11) is 3.60. The van der Waals surface area contributed by atoms with E-state index in [1.54, 1.807) is 29.8 Å². The van der Waals surface area contributed by atoms with Gasteiger partial charge in [-0.15, -0.1) is 0 Å². The quantitative estimate of drug-likeness (QED) is 0.141. The number of amides is 5. The Morgan fingerprint density at radius 3 is 2.17 bits per heavy atom. The van der Waals surface area contributed by atoms with E-state index in [2.05, 4.69) is 26.6 Å². The van der Waals surface area contributed by atoms with Gasteiger partial charge in [0, 0.05) is 91.0 Å². The molecule has 19 nitrogen and oxygen atoms in total. The number of piperazine rings is 1. The molecule has 0 bridgehead atoms. The number of nitrogens with one attached hydrogen (secondary N) is 1. The molecule has 0 radical (unpaired) electrons. The van der Waals surface area contributed by atoms with E-state index in [1.165, 1.54) is 16.4 Å². The minimum absolute atomic E-state index is 0. The van der Waals surface area contributed by atoms with Gasteiger partial charge in [0.25, 0.3) is 5.91 Å². The molecule has 7 rings (SSSR count). The predicted octanol–water partition coefficient (Wildman–Crippen LogP) is 4.76. The van der Waals surface area contributed by atoms with Gasteiger partial charge in [-0.25, -0.2) is 24.0 Å². The fraction of sp³-hybridized carbons (Fsp3) is 0.587. The van der Waals surface area contributed by atoms with Crippen molar-refractivity contribution < 1.29 is 52.1 Å². The molecule has 4 aliphatic rings. The highest BCUT2D eigenvalue weighted by Gasteiger charge is 2.36. The molecule has 1 N–H and O–H groups in total. The van der Waals surface area contributed by atoms with E-state index in [1.807, 2.05) is 49.2 Å². The summed E-state index contributed by atoms with van der Waals surface area (Å²) in [5, 5.41) is 3.03. The number of carbonyl (C=O) groups excluding carboxylic acids is 6. The van der Waals surface area contributed by atoms with Crippen LogP contribution in [0.4, 0.5) is 20.1 Å². The minimum atomic E-state index is -1.17. The van der Waals surface area contributed by atoms with E-state index >= 15 is 0 Å². The van der Waals surface area contributed by atoms with Gasteiger partial charge in [0.1, 0.15) is 0 Å². The van der Waals surface area contributed by atoms with Crippen LogP contribution in [0.5, 0.6) is 0 Å². The molecule has 5 heterocycles. The molecule has 65 heavy (non-hydrogen) atoms. The Balaban J connectivity index is 0.000000319. The molecule has 356 valence electrons. The summed E-state index contributed by atoms with van der Waals surface area (Å²) in [6.07, 6.45) is 0.391. The van der Waals surface area contributed by atoms with Crippen molar-refractivity contribution in [3.05, 3.63) is 63.6 Å². The molecule has 3 saturated heterocycles. The van der Waals surface area contributed by atoms with Crippen LogP contribution >= 0.6 is 0 Å². The molecule has 3 fully saturated rings. The number of fused-ring (bicyclic) bond motifs is 2. The highest BCUT2D eigenvalue weighted by molar-refractivity contribution is 6.32. The number of hydrogen-bond acceptors (Lipinski definition) is 13. The van der Waals surface area contributed by atoms with E-state index in [-0.39, 0.29) is 38.4 Å². The highest BCUT2D eigenvalue weighted by atomic mass is 16.8. The fourth-order valence-electron chi connectivity index (χ4n) is 8.47. The van der Waals surface area contributed by atoms with Gasteiger partial charge in [-0.05, 0) is 87.7 Å². The molecular formula is C46H65N7O12. The van der Waals surface area contributed by atoms with Gasteiger partial charge in [-0.3, -0.25) is 14.2 Å². The number of piperidine rings is 2. The lowest BCUT2D eigenvalue weighted by molar-refractivity contribution is -0.177. The van der Waals surface area contributed by atoms with Gasteiger partial charge in [-0.2, -0.15) is 0 Å². The Labute approximate surface area is 379 Å². The summed E-state index contributed by atoms with van der Waals surface area (Å²) < 4.78 is 26.8. The number of benzene rings is 2. The zero-order chi connectivity index (χ0) is 46.1. The number of para-hydroxylation sites is 1. The van der Waals surface area contributed by atoms with E-state index in [0.29, 0.717) is 88.8 Å². The van der Waals surface area contributed by atoms with Crippen LogP contribution in [0.1, 0.15) is 70.6 Å². The number of esters is 1. The van der Waals surface area contributed by atoms with E-state index in [4.69, 9.17) is 13.9 Å². The van der Waals surface area contributed by atoms with Crippen molar-refractivity contribution in [2.24, 2.45) is 13.0 Å². The Morgan fingerprint density at radius 1 is 0.831 bits per heavy atom. The summed E-state index contributed by atoms with van der Waals surface area (Å²) in [6, 6.07) is 11.4. The summed E-state index contributed by atoms with van der Waals surface area (Å²) in [5.74, 6) is -1.86. The maximum absolute atomic E-state index is 13.8. The number of urea groups is 1. The van der Waals surface area contributed by atoms with E-state index in [9.17, 15) is 33.6 Å². The van der Waals surface area contributed by atoms with Crippen molar-refractivity contribution in [3.63, 3.8) is 0 Å². The third kappa shape index (κ3) is 12.8. The van der Waals surface area contributed by atoms with Crippen molar-refractivity contribution in [3.8, 4) is 0 Å². The number of hydrogen-bond donors (Lipinski definition) is 1. The first-order valence-corrected chi connectivity index (χ1v) is 22.1. The van der Waals surface area contributed by atoms with Crippen molar-refractivity contribution >= 4 is 52.9 Å². The number of carbonyl (C=O) groups is 6. The molecule has 0 aliphatic carbocycles. The molecule has 0 spiro atoms. The van der Waals surface area contributed by atoms with Crippen molar-refractivity contribution in [2.45, 2.75) is 92.1 Å². The van der Waals surface area contributed by atoms with Gasteiger partial charge in [0.2, 0.25) is 6.29 Å². The van der Waals surface area contributed by atoms with Crippen molar-refractivity contribution in [1.29, 1.82) is 0 Å². The second kappa shape index (κ2) is 22.7. The SMILES string of the molecule is C.CCOC(=O)OC(C)OC(=O)C(=O)N1CCN(C)CC1.Cc1cc(C[C@@H](OC(=O)N2CCC(N3CCc4ccccc4NC3=O)CC2)C(=O)N2CCC(C)CC2)cc2oc(=O)n(C)c12. The Hall–Kier alpha value is -6.11. The number of aryl methyl sites for hydroxylation is 2. The van der Waals surface area contributed by atoms with E-state index < -0.39 is 42.3 Å². The van der Waals surface area contributed by atoms with Crippen LogP contribution in [0, 0.1) is 12.8 Å². The summed E-state index contributed by atoms with van der Waals surface area (Å²) >= 11 is 0. The Kier molecular flexibility index (Phi) is 17.4. The number of anilines is 1. The standard InChI is InChI=1S/C33H41N5O6.C12H20N2O6.CH4/c1-21-8-13-36(14-9-21)30(39)28(20-23-18-22(2)29-27(19-23)43-32(41)35(29)3)44-33(42)37-15-11-25(12-16-37)38-17-10-24-6-4-5-7-26(24)34-31(38)40;1-4-18-12(17)20-9(2)19-11(16)10(15)14-7-5-13(3)6-8-14;/h4-7,18-19,21,25,28H,8-17,20H2,1-3H3,(H,34,40);9H,4-8H2,1-3H3;1H4/t28-;;/m1../s1. The molecule has 3 aromatic rings. The average Bonchev–Trinajstić information content (AvgIpc) is 3.44. The minimum Gasteiger partial charge on any atom is -0.436 e. The molecule has 2 aromatic carbocycles. The second-order valence-corrected chi connectivity index (χ2v) is 16.9. The predicted molar refractivity (Wildman–Crippen MR) is 240 cm³/mol. The number of likely N-dealkylation sites (tertiary alicyclic amines) is 2. The largest absolute Gasteiger partial charge is 0.511 e. The van der Waals surface area contributed by atoms with Crippen LogP contribution < -0.4 is 11.1 Å². The maximum Gasteiger partial charge on any atom is 0.511 e. The molecule has 4 aliphatic heterocycles. The number of nitrogens with zero attached hydrogens (tertiary/aromatic N) is 6. The third-order valence-corrected chi connectivity index (χ3v) is 12.2. The van der Waals surface area contributed by atoms with Gasteiger partial charge < -0.3 is 53.2 Å². The molecular weight excluding hydrogens is 843 g/mol. The molecule has 1 aromatic heterocycles. The summed E-state index contributed by atoms with van der Waals surface area (Å²) in [5.41, 5.74) is 4.72. The zero-order valence-corrected chi connectivity index (χ0v) is 37.7. The smallest absolute Gasteiger partial charge is 0.436 e. The molecule has 19 heteroatoms. The maximum atomic E-state index is 13.8. The van der Waals surface area contributed by atoms with Crippen LogP contribution in [0.2, 0.25) is 0 Å². The summed E-state index contributed by atoms with van der Waals surface area (Å²) in [4.78, 5) is 95.6. The van der Waals surface area contributed by atoms with Crippen LogP contribution in [-0.4, -0.2) is 156 Å². The number of aromatic nitrogens is 1. The first-order chi connectivity index (χ1) is 30.6. The van der Waals surface area contributed by atoms with Gasteiger partial charge in [0.05, 0.1) is 12.1 Å². The highest BCUT2D eigenvalue weighted by Crippen LogP contribution is 2.27. The van der Waals surface area contributed by atoms with Crippen LogP contribution in [0.25, 0.3) is 11.1 Å². The lowest BCUT2D eigenvalue weighted by Crippen LogP contribution is -2.51. The first-order valence-electron chi connectivity index (χ1n) is 22.1. The zero-order valence-electron chi connectivity index (χ0n) is 37.7. The fourth-order valence-corrected chi connectivity index (χ4v) is 8.47. The molecule has 2 atom stereocenters. The molecule has 1 unspecified atom stereocenters. The number of rotatable bonds is 8. The Morgan fingerprint density at radius 2 is 1.49 bits per heavy atom. The lowest BCUT2D eigenvalue weighted by Gasteiger charge is -2.38. The number of oxazole rings is 1. The Bertz CT molecular complexity index is 2220. The second-order valence-electron chi connectivity index (χ2n) is 16.9. The van der Waals surface area contributed by atoms with Crippen LogP contribution in [0.15, 0.2) is 45.6 Å².